The molecule has 0 radical (unpaired) electrons. The molecule has 4 rings (SSSR count). The van der Waals surface area contributed by atoms with Crippen LogP contribution in [-0.2, 0) is 6.54 Å². The molecule has 0 amide bonds. The highest BCUT2D eigenvalue weighted by atomic mass is 127. The summed E-state index contributed by atoms with van der Waals surface area (Å²) in [5.41, 5.74) is 7.25. The van der Waals surface area contributed by atoms with Crippen LogP contribution >= 0.6 is 45.5 Å². The number of nitrogens with zero attached hydrogens (tertiary/aromatic N) is 2. The molecule has 0 spiro atoms. The number of nitrogens with one attached hydrogen (secondary N) is 1. The molecule has 25 heavy (non-hydrogen) atoms. The summed E-state index contributed by atoms with van der Waals surface area (Å²) in [7, 11) is 0. The van der Waals surface area contributed by atoms with Crippen molar-refractivity contribution in [2.45, 2.75) is 31.3 Å². The van der Waals surface area contributed by atoms with Crippen LogP contribution < -0.4 is 11.1 Å². The summed E-state index contributed by atoms with van der Waals surface area (Å²) in [5.74, 6) is 1.89. The summed E-state index contributed by atoms with van der Waals surface area (Å²) >= 11 is 10.2. The Morgan fingerprint density at radius 3 is 2.96 bits per heavy atom. The Labute approximate surface area is 167 Å². The van der Waals surface area contributed by atoms with Gasteiger partial charge in [-0.2, -0.15) is 4.98 Å². The van der Waals surface area contributed by atoms with E-state index >= 15 is 0 Å². The summed E-state index contributed by atoms with van der Waals surface area (Å²) in [6.45, 7) is 0.547. The first-order valence-electron chi connectivity index (χ1n) is 7.95. The average Bonchev–Trinajstić information content (AvgIpc) is 3.22. The number of anilines is 1. The van der Waals surface area contributed by atoms with Crippen LogP contribution in [0.3, 0.4) is 0 Å². The molecule has 5 nitrogen and oxygen atoms in total. The van der Waals surface area contributed by atoms with Gasteiger partial charge in [-0.1, -0.05) is 12.2 Å². The predicted octanol–water partition coefficient (Wildman–Crippen LogP) is 4.92. The minimum Gasteiger partial charge on any atom is -0.467 e. The van der Waals surface area contributed by atoms with Gasteiger partial charge in [0.1, 0.15) is 17.1 Å². The third-order valence-corrected chi connectivity index (χ3v) is 7.25. The fraction of sp³-hybridized carbons (Fsp3) is 0.294. The number of aromatic nitrogens is 2. The molecule has 3 N–H and O–H groups in total. The van der Waals surface area contributed by atoms with Gasteiger partial charge in [-0.3, -0.25) is 0 Å². The molecule has 0 saturated heterocycles. The lowest BCUT2D eigenvalue weighted by Crippen LogP contribution is -2.29. The van der Waals surface area contributed by atoms with Crippen LogP contribution in [0, 0.1) is 3.57 Å². The van der Waals surface area contributed by atoms with Crippen molar-refractivity contribution in [1.82, 2.24) is 9.97 Å². The number of fused-ring (bicyclic) bond motifs is 1. The molecular formula is C17H16ClIN4OS. The topological polar surface area (TPSA) is 77.0 Å². The van der Waals surface area contributed by atoms with Crippen LogP contribution in [0.2, 0.25) is 5.28 Å². The zero-order chi connectivity index (χ0) is 17.4. The summed E-state index contributed by atoms with van der Waals surface area (Å²) < 4.78 is 7.51. The molecular weight excluding hydrogens is 471 g/mol. The summed E-state index contributed by atoms with van der Waals surface area (Å²) in [4.78, 5) is 10.1. The Bertz CT molecular complexity index is 925. The highest BCUT2D eigenvalue weighted by molar-refractivity contribution is 14.1. The zero-order valence-corrected chi connectivity index (χ0v) is 16.9. The second-order valence-electron chi connectivity index (χ2n) is 5.95. The van der Waals surface area contributed by atoms with Crippen molar-refractivity contribution in [3.8, 4) is 0 Å². The van der Waals surface area contributed by atoms with Crippen molar-refractivity contribution in [3.63, 3.8) is 0 Å². The second kappa shape index (κ2) is 7.22. The van der Waals surface area contributed by atoms with E-state index in [1.54, 1.807) is 17.6 Å². The number of hydrogen-bond acceptors (Lipinski definition) is 6. The van der Waals surface area contributed by atoms with Crippen molar-refractivity contribution < 1.29 is 4.42 Å². The lowest BCUT2D eigenvalue weighted by molar-refractivity contribution is 0.518. The Morgan fingerprint density at radius 2 is 2.20 bits per heavy atom. The first-order chi connectivity index (χ1) is 12.1. The number of nitrogens with two attached hydrogens (primary N) is 1. The molecule has 3 heterocycles. The lowest BCUT2D eigenvalue weighted by Gasteiger charge is -2.24. The monoisotopic (exact) mass is 486 g/mol. The highest BCUT2D eigenvalue weighted by Crippen LogP contribution is 2.42. The molecule has 0 bridgehead atoms. The van der Waals surface area contributed by atoms with Gasteiger partial charge in [0.2, 0.25) is 5.28 Å². The number of rotatable bonds is 4. The maximum absolute atomic E-state index is 6.35. The van der Waals surface area contributed by atoms with Crippen LogP contribution in [0.25, 0.3) is 10.2 Å². The van der Waals surface area contributed by atoms with Crippen molar-refractivity contribution in [1.29, 1.82) is 0 Å². The number of furan rings is 1. The maximum Gasteiger partial charge on any atom is 0.225 e. The third kappa shape index (κ3) is 3.42. The van der Waals surface area contributed by atoms with Crippen molar-refractivity contribution in [3.05, 3.63) is 50.0 Å². The normalized spacial score (nSPS) is 20.3. The van der Waals surface area contributed by atoms with E-state index in [9.17, 15) is 0 Å². The minimum absolute atomic E-state index is 0.134. The second-order valence-corrected chi connectivity index (χ2v) is 8.41. The Kier molecular flexibility index (Phi) is 4.99. The quantitative estimate of drug-likeness (QED) is 0.311. The van der Waals surface area contributed by atoms with E-state index in [0.29, 0.717) is 12.5 Å². The van der Waals surface area contributed by atoms with Gasteiger partial charge in [-0.25, -0.2) is 4.98 Å². The number of halogens is 2. The van der Waals surface area contributed by atoms with E-state index in [1.807, 2.05) is 12.1 Å². The van der Waals surface area contributed by atoms with E-state index in [-0.39, 0.29) is 11.3 Å². The molecule has 0 aromatic carbocycles. The summed E-state index contributed by atoms with van der Waals surface area (Å²) in [6, 6.07) is 3.92. The molecule has 8 heteroatoms. The van der Waals surface area contributed by atoms with Gasteiger partial charge in [0.15, 0.2) is 0 Å². The van der Waals surface area contributed by atoms with Gasteiger partial charge < -0.3 is 15.5 Å². The highest BCUT2D eigenvalue weighted by Gasteiger charge is 2.27. The fourth-order valence-corrected chi connectivity index (χ4v) is 5.78. The smallest absolute Gasteiger partial charge is 0.225 e. The molecule has 130 valence electrons. The van der Waals surface area contributed by atoms with E-state index in [2.05, 4.69) is 50.0 Å². The minimum atomic E-state index is 0.134. The lowest BCUT2D eigenvalue weighted by atomic mass is 9.88. The molecule has 0 aliphatic heterocycles. The Morgan fingerprint density at radius 1 is 1.36 bits per heavy atom. The van der Waals surface area contributed by atoms with Crippen molar-refractivity contribution >= 4 is 61.6 Å². The van der Waals surface area contributed by atoms with Gasteiger partial charge in [-0.15, -0.1) is 11.3 Å². The van der Waals surface area contributed by atoms with Crippen LogP contribution in [0.4, 0.5) is 5.82 Å². The number of thiophene rings is 1. The average molecular weight is 487 g/mol. The Hall–Kier alpha value is -1.16. The fourth-order valence-electron chi connectivity index (χ4n) is 3.02. The molecule has 3 aromatic heterocycles. The number of hydrogen-bond donors (Lipinski definition) is 2. The van der Waals surface area contributed by atoms with Gasteiger partial charge in [0.25, 0.3) is 0 Å². The molecule has 0 unspecified atom stereocenters. The molecule has 0 saturated carbocycles. The molecule has 3 aromatic rings. The first-order valence-corrected chi connectivity index (χ1v) is 10.2. The van der Waals surface area contributed by atoms with Crippen LogP contribution in [0.1, 0.15) is 29.4 Å². The molecule has 2 atom stereocenters. The largest absolute Gasteiger partial charge is 0.467 e. The molecule has 1 aliphatic rings. The van der Waals surface area contributed by atoms with Gasteiger partial charge in [-0.05, 0) is 59.2 Å². The third-order valence-electron chi connectivity index (χ3n) is 4.30. The van der Waals surface area contributed by atoms with Gasteiger partial charge in [0, 0.05) is 16.8 Å². The van der Waals surface area contributed by atoms with E-state index in [4.69, 9.17) is 21.8 Å². The van der Waals surface area contributed by atoms with Crippen LogP contribution in [0.15, 0.2) is 35.0 Å². The van der Waals surface area contributed by atoms with Crippen LogP contribution in [-0.4, -0.2) is 16.0 Å². The van der Waals surface area contributed by atoms with Gasteiger partial charge >= 0.3 is 0 Å². The van der Waals surface area contributed by atoms with Crippen LogP contribution in [0.5, 0.6) is 0 Å². The first kappa shape index (κ1) is 17.3. The predicted molar refractivity (Wildman–Crippen MR) is 110 cm³/mol. The van der Waals surface area contributed by atoms with E-state index in [0.717, 1.165) is 38.2 Å². The number of allylic oxidation sites excluding steroid dienone is 1. The van der Waals surface area contributed by atoms with Crippen molar-refractivity contribution in [2.75, 3.05) is 5.32 Å². The summed E-state index contributed by atoms with van der Waals surface area (Å²) in [6.07, 6.45) is 7.90. The summed E-state index contributed by atoms with van der Waals surface area (Å²) in [5, 5.41) is 3.56. The standard InChI is InChI=1S/C17H16ClIN4OS/c18-17-22-13-12(19)14(10-5-1-2-6-11(10)20)25-15(13)16(23-17)21-8-9-4-3-7-24-9/h1-4,7,10-11H,5-6,8,20H2,(H,21,22,23)/t10-,11-/m0/s1. The SMILES string of the molecule is N[C@H]1CC=CC[C@@H]1c1sc2c(NCc3ccco3)nc(Cl)nc2c1I. The molecule has 0 fully saturated rings. The van der Waals surface area contributed by atoms with E-state index < -0.39 is 0 Å². The molecule has 1 aliphatic carbocycles. The zero-order valence-electron chi connectivity index (χ0n) is 13.2. The van der Waals surface area contributed by atoms with Gasteiger partial charge in [0.05, 0.1) is 21.1 Å². The van der Waals surface area contributed by atoms with Crippen molar-refractivity contribution in [2.24, 2.45) is 5.73 Å². The Balaban J connectivity index is 1.73. The maximum atomic E-state index is 6.35. The van der Waals surface area contributed by atoms with E-state index in [1.165, 1.54) is 4.88 Å².